The van der Waals surface area contributed by atoms with Gasteiger partial charge in [0.15, 0.2) is 5.78 Å². The van der Waals surface area contributed by atoms with Crippen molar-refractivity contribution in [3.63, 3.8) is 0 Å². The van der Waals surface area contributed by atoms with Crippen molar-refractivity contribution in [1.29, 1.82) is 0 Å². The molecule has 0 amide bonds. The summed E-state index contributed by atoms with van der Waals surface area (Å²) in [5.74, 6) is 0.742. The van der Waals surface area contributed by atoms with Crippen LogP contribution in [0.25, 0.3) is 10.8 Å². The molecule has 0 heterocycles. The Labute approximate surface area is 124 Å². The van der Waals surface area contributed by atoms with Gasteiger partial charge in [-0.1, -0.05) is 48.5 Å². The van der Waals surface area contributed by atoms with E-state index in [0.29, 0.717) is 17.7 Å². The van der Waals surface area contributed by atoms with Crippen LogP contribution in [0.5, 0.6) is 5.75 Å². The molecule has 3 aromatic carbocycles. The molecule has 0 bridgehead atoms. The Bertz CT molecular complexity index is 790. The first kappa shape index (κ1) is 13.4. The molecule has 0 spiro atoms. The molecule has 2 nitrogen and oxygen atoms in total. The minimum Gasteiger partial charge on any atom is -0.494 e. The number of benzene rings is 3. The first-order valence-electron chi connectivity index (χ1n) is 7.04. The minimum absolute atomic E-state index is 0.0160. The van der Waals surface area contributed by atoms with Gasteiger partial charge < -0.3 is 4.74 Å². The second kappa shape index (κ2) is 5.80. The molecule has 0 saturated heterocycles. The minimum atomic E-state index is 0.0160. The van der Waals surface area contributed by atoms with E-state index >= 15 is 0 Å². The van der Waals surface area contributed by atoms with Crippen molar-refractivity contribution in [2.75, 3.05) is 6.61 Å². The van der Waals surface area contributed by atoms with E-state index in [1.807, 2.05) is 67.6 Å². The van der Waals surface area contributed by atoms with Crippen molar-refractivity contribution in [1.82, 2.24) is 0 Å². The Morgan fingerprint density at radius 2 is 1.62 bits per heavy atom. The molecule has 0 aliphatic rings. The Morgan fingerprint density at radius 3 is 2.43 bits per heavy atom. The summed E-state index contributed by atoms with van der Waals surface area (Å²) < 4.78 is 5.45. The molecule has 3 rings (SSSR count). The highest BCUT2D eigenvalue weighted by atomic mass is 16.5. The van der Waals surface area contributed by atoms with E-state index in [-0.39, 0.29) is 5.78 Å². The van der Waals surface area contributed by atoms with Gasteiger partial charge in [0.25, 0.3) is 0 Å². The Balaban J connectivity index is 1.97. The van der Waals surface area contributed by atoms with E-state index in [4.69, 9.17) is 4.74 Å². The molecule has 0 radical (unpaired) electrons. The van der Waals surface area contributed by atoms with Crippen LogP contribution in [-0.4, -0.2) is 12.4 Å². The van der Waals surface area contributed by atoms with Crippen LogP contribution in [0, 0.1) is 0 Å². The van der Waals surface area contributed by atoms with Gasteiger partial charge in [0.2, 0.25) is 0 Å². The maximum atomic E-state index is 12.6. The molecule has 21 heavy (non-hydrogen) atoms. The van der Waals surface area contributed by atoms with Crippen LogP contribution >= 0.6 is 0 Å². The molecule has 104 valence electrons. The van der Waals surface area contributed by atoms with Crippen molar-refractivity contribution in [2.24, 2.45) is 0 Å². The topological polar surface area (TPSA) is 26.3 Å². The molecule has 0 aliphatic carbocycles. The van der Waals surface area contributed by atoms with Gasteiger partial charge in [0, 0.05) is 11.1 Å². The van der Waals surface area contributed by atoms with Gasteiger partial charge in [-0.3, -0.25) is 4.79 Å². The second-order valence-electron chi connectivity index (χ2n) is 4.85. The molecule has 3 aromatic rings. The molecule has 0 fully saturated rings. The van der Waals surface area contributed by atoms with E-state index in [1.54, 1.807) is 6.07 Å². The summed E-state index contributed by atoms with van der Waals surface area (Å²) in [5, 5.41) is 2.21. The van der Waals surface area contributed by atoms with Gasteiger partial charge in [-0.15, -0.1) is 0 Å². The number of carbonyl (C=O) groups excluding carboxylic acids is 1. The molecule has 0 aromatic heterocycles. The number of hydrogen-bond acceptors (Lipinski definition) is 2. The smallest absolute Gasteiger partial charge is 0.193 e. The van der Waals surface area contributed by atoms with Crippen LogP contribution in [0.2, 0.25) is 0 Å². The van der Waals surface area contributed by atoms with Crippen molar-refractivity contribution in [2.45, 2.75) is 6.92 Å². The quantitative estimate of drug-likeness (QED) is 0.657. The lowest BCUT2D eigenvalue weighted by atomic mass is 10.00. The summed E-state index contributed by atoms with van der Waals surface area (Å²) in [5.41, 5.74) is 1.35. The lowest BCUT2D eigenvalue weighted by Gasteiger charge is -2.06. The van der Waals surface area contributed by atoms with Crippen LogP contribution < -0.4 is 4.74 Å². The third-order valence-electron chi connectivity index (χ3n) is 3.42. The van der Waals surface area contributed by atoms with E-state index in [1.165, 1.54) is 0 Å². The summed E-state index contributed by atoms with van der Waals surface area (Å²) >= 11 is 0. The first-order chi connectivity index (χ1) is 10.3. The molecule has 2 heteroatoms. The third-order valence-corrected chi connectivity index (χ3v) is 3.42. The maximum Gasteiger partial charge on any atom is 0.193 e. The van der Waals surface area contributed by atoms with Gasteiger partial charge in [-0.25, -0.2) is 0 Å². The lowest BCUT2D eigenvalue weighted by molar-refractivity contribution is 0.103. The van der Waals surface area contributed by atoms with E-state index in [2.05, 4.69) is 0 Å². The fourth-order valence-electron chi connectivity index (χ4n) is 2.39. The highest BCUT2D eigenvalue weighted by molar-refractivity contribution is 6.10. The average molecular weight is 276 g/mol. The summed E-state index contributed by atoms with van der Waals surface area (Å²) in [7, 11) is 0. The Kier molecular flexibility index (Phi) is 3.69. The normalized spacial score (nSPS) is 10.5. The van der Waals surface area contributed by atoms with Gasteiger partial charge >= 0.3 is 0 Å². The van der Waals surface area contributed by atoms with Crippen molar-refractivity contribution >= 4 is 16.6 Å². The van der Waals surface area contributed by atoms with E-state index < -0.39 is 0 Å². The summed E-state index contributed by atoms with van der Waals surface area (Å²) in [6.45, 7) is 2.52. The fraction of sp³-hybridized carbons (Fsp3) is 0.105. The molecule has 0 unspecified atom stereocenters. The van der Waals surface area contributed by atoms with Crippen LogP contribution in [-0.2, 0) is 0 Å². The number of fused-ring (bicyclic) bond motifs is 1. The first-order valence-corrected chi connectivity index (χ1v) is 7.04. The highest BCUT2D eigenvalue weighted by Gasteiger charge is 2.10. The molecule has 0 atom stereocenters. The number of carbonyl (C=O) groups is 1. The van der Waals surface area contributed by atoms with E-state index in [9.17, 15) is 4.79 Å². The van der Waals surface area contributed by atoms with Gasteiger partial charge in [0.05, 0.1) is 6.61 Å². The number of ketones is 1. The number of rotatable bonds is 4. The molecule has 0 saturated carbocycles. The maximum absolute atomic E-state index is 12.6. The standard InChI is InChI=1S/C19H16O2/c1-2-21-18-9-5-8-16(13-18)19(20)17-11-10-14-6-3-4-7-15(14)12-17/h3-13H,2H2,1H3. The summed E-state index contributed by atoms with van der Waals surface area (Å²) in [6.07, 6.45) is 0. The SMILES string of the molecule is CCOc1cccc(C(=O)c2ccc3ccccc3c2)c1. The van der Waals surface area contributed by atoms with Crippen LogP contribution in [0.4, 0.5) is 0 Å². The van der Waals surface area contributed by atoms with Gasteiger partial charge in [-0.05, 0) is 35.9 Å². The van der Waals surface area contributed by atoms with Crippen LogP contribution in [0.1, 0.15) is 22.8 Å². The molecule has 0 aliphatic heterocycles. The monoisotopic (exact) mass is 276 g/mol. The van der Waals surface area contributed by atoms with Crippen molar-refractivity contribution in [3.8, 4) is 5.75 Å². The number of hydrogen-bond donors (Lipinski definition) is 0. The molecule has 0 N–H and O–H groups in total. The largest absolute Gasteiger partial charge is 0.494 e. The fourth-order valence-corrected chi connectivity index (χ4v) is 2.39. The second-order valence-corrected chi connectivity index (χ2v) is 4.85. The Hall–Kier alpha value is -2.61. The zero-order valence-electron chi connectivity index (χ0n) is 11.9. The molecular weight excluding hydrogens is 260 g/mol. The van der Waals surface area contributed by atoms with Gasteiger partial charge in [-0.2, -0.15) is 0 Å². The number of ether oxygens (including phenoxy) is 1. The Morgan fingerprint density at radius 1 is 0.857 bits per heavy atom. The predicted octanol–water partition coefficient (Wildman–Crippen LogP) is 4.47. The van der Waals surface area contributed by atoms with Crippen LogP contribution in [0.3, 0.4) is 0 Å². The highest BCUT2D eigenvalue weighted by Crippen LogP contribution is 2.20. The van der Waals surface area contributed by atoms with E-state index in [0.717, 1.165) is 16.5 Å². The third kappa shape index (κ3) is 2.79. The summed E-state index contributed by atoms with van der Waals surface area (Å²) in [6, 6.07) is 21.1. The average Bonchev–Trinajstić information content (AvgIpc) is 2.54. The van der Waals surface area contributed by atoms with Crippen LogP contribution in [0.15, 0.2) is 66.7 Å². The van der Waals surface area contributed by atoms with Crippen molar-refractivity contribution < 1.29 is 9.53 Å². The zero-order valence-corrected chi connectivity index (χ0v) is 11.9. The predicted molar refractivity (Wildman–Crippen MR) is 85.0 cm³/mol. The summed E-state index contributed by atoms with van der Waals surface area (Å²) in [4.78, 5) is 12.6. The van der Waals surface area contributed by atoms with Gasteiger partial charge in [0.1, 0.15) is 5.75 Å². The molecular formula is C19H16O2. The van der Waals surface area contributed by atoms with Crippen molar-refractivity contribution in [3.05, 3.63) is 77.9 Å². The zero-order chi connectivity index (χ0) is 14.7. The lowest BCUT2D eigenvalue weighted by Crippen LogP contribution is -2.02.